The molecule has 5 heteroatoms. The maximum Gasteiger partial charge on any atom is 0.0701 e. The summed E-state index contributed by atoms with van der Waals surface area (Å²) in [5.41, 5.74) is 1.08. The van der Waals surface area contributed by atoms with Crippen molar-refractivity contribution in [3.8, 4) is 0 Å². The second-order valence-corrected chi connectivity index (χ2v) is 4.43. The summed E-state index contributed by atoms with van der Waals surface area (Å²) >= 11 is 0. The average molecular weight is 266 g/mol. The second-order valence-electron chi connectivity index (χ2n) is 4.43. The molecule has 5 nitrogen and oxygen atoms in total. The predicted molar refractivity (Wildman–Crippen MR) is 72.0 cm³/mol. The molecule has 2 rings (SSSR count). The molecule has 0 amide bonds. The number of pyridine rings is 1. The molecule has 0 atom stereocenters. The standard InChI is InChI=1S/C14H22N2O3/c1-2-4-15-14(3-1)13-16-5-7-17-9-11-19-12-10-18-8-6-16/h1-4H,5-13H2. The van der Waals surface area contributed by atoms with Gasteiger partial charge in [0.2, 0.25) is 0 Å². The molecule has 0 saturated carbocycles. The number of rotatable bonds is 2. The van der Waals surface area contributed by atoms with Gasteiger partial charge in [-0.15, -0.1) is 0 Å². The van der Waals surface area contributed by atoms with Crippen molar-refractivity contribution in [2.45, 2.75) is 6.54 Å². The van der Waals surface area contributed by atoms with E-state index in [0.29, 0.717) is 26.4 Å². The van der Waals surface area contributed by atoms with Gasteiger partial charge in [-0.3, -0.25) is 9.88 Å². The van der Waals surface area contributed by atoms with Crippen LogP contribution < -0.4 is 0 Å². The van der Waals surface area contributed by atoms with Crippen molar-refractivity contribution in [2.75, 3.05) is 52.7 Å². The van der Waals surface area contributed by atoms with Gasteiger partial charge in [-0.05, 0) is 12.1 Å². The third-order valence-electron chi connectivity index (χ3n) is 2.96. The highest BCUT2D eigenvalue weighted by molar-refractivity contribution is 5.03. The number of aromatic nitrogens is 1. The van der Waals surface area contributed by atoms with Gasteiger partial charge in [-0.2, -0.15) is 0 Å². The Morgan fingerprint density at radius 2 is 1.53 bits per heavy atom. The van der Waals surface area contributed by atoms with E-state index in [1.807, 2.05) is 24.4 Å². The van der Waals surface area contributed by atoms with Gasteiger partial charge in [-0.1, -0.05) is 6.07 Å². The van der Waals surface area contributed by atoms with Crippen LogP contribution in [0, 0.1) is 0 Å². The Balaban J connectivity index is 1.81. The molecule has 1 saturated heterocycles. The Hall–Kier alpha value is -1.01. The Labute approximate surface area is 114 Å². The van der Waals surface area contributed by atoms with Crippen molar-refractivity contribution in [1.29, 1.82) is 0 Å². The van der Waals surface area contributed by atoms with Crippen molar-refractivity contribution in [2.24, 2.45) is 0 Å². The summed E-state index contributed by atoms with van der Waals surface area (Å²) in [7, 11) is 0. The van der Waals surface area contributed by atoms with Crippen LogP contribution in [-0.2, 0) is 20.8 Å². The fourth-order valence-electron chi connectivity index (χ4n) is 1.92. The minimum atomic E-state index is 0.642. The average Bonchev–Trinajstić information content (AvgIpc) is 2.43. The van der Waals surface area contributed by atoms with E-state index in [0.717, 1.165) is 38.5 Å². The topological polar surface area (TPSA) is 43.8 Å². The van der Waals surface area contributed by atoms with Crippen molar-refractivity contribution in [3.05, 3.63) is 30.1 Å². The highest BCUT2D eigenvalue weighted by atomic mass is 16.5. The van der Waals surface area contributed by atoms with Crippen LogP contribution in [0.3, 0.4) is 0 Å². The highest BCUT2D eigenvalue weighted by Gasteiger charge is 2.07. The first-order valence-electron chi connectivity index (χ1n) is 6.80. The summed E-state index contributed by atoms with van der Waals surface area (Å²) in [6.07, 6.45) is 1.83. The van der Waals surface area contributed by atoms with Crippen LogP contribution in [0.4, 0.5) is 0 Å². The molecule has 1 aliphatic rings. The third-order valence-corrected chi connectivity index (χ3v) is 2.96. The summed E-state index contributed by atoms with van der Waals surface area (Å²) in [4.78, 5) is 6.67. The second kappa shape index (κ2) is 8.98. The van der Waals surface area contributed by atoms with Crippen molar-refractivity contribution < 1.29 is 14.2 Å². The van der Waals surface area contributed by atoms with Crippen LogP contribution in [0.5, 0.6) is 0 Å². The molecule has 0 unspecified atom stereocenters. The van der Waals surface area contributed by atoms with Crippen LogP contribution >= 0.6 is 0 Å². The number of ether oxygens (including phenoxy) is 3. The first kappa shape index (κ1) is 14.4. The van der Waals surface area contributed by atoms with E-state index in [1.165, 1.54) is 0 Å². The van der Waals surface area contributed by atoms with Gasteiger partial charge in [0, 0.05) is 25.8 Å². The molecule has 2 heterocycles. The summed E-state index contributed by atoms with van der Waals surface area (Å²) < 4.78 is 16.4. The zero-order valence-corrected chi connectivity index (χ0v) is 11.3. The Morgan fingerprint density at radius 1 is 0.895 bits per heavy atom. The van der Waals surface area contributed by atoms with Crippen molar-refractivity contribution in [3.63, 3.8) is 0 Å². The zero-order valence-electron chi connectivity index (χ0n) is 11.3. The molecule has 1 fully saturated rings. The molecule has 0 spiro atoms. The van der Waals surface area contributed by atoms with Crippen LogP contribution in [0.1, 0.15) is 5.69 Å². The fraction of sp³-hybridized carbons (Fsp3) is 0.643. The van der Waals surface area contributed by atoms with Gasteiger partial charge in [-0.25, -0.2) is 0 Å². The lowest BCUT2D eigenvalue weighted by atomic mass is 10.3. The molecule has 1 aromatic rings. The summed E-state index contributed by atoms with van der Waals surface area (Å²) in [5.74, 6) is 0. The molecule has 1 aromatic heterocycles. The maximum atomic E-state index is 5.55. The number of hydrogen-bond acceptors (Lipinski definition) is 5. The lowest BCUT2D eigenvalue weighted by Gasteiger charge is -2.22. The molecule has 0 radical (unpaired) electrons. The Bertz CT molecular complexity index is 323. The summed E-state index contributed by atoms with van der Waals surface area (Å²) in [6.45, 7) is 6.64. The van der Waals surface area contributed by atoms with Gasteiger partial charge in [0.25, 0.3) is 0 Å². The molecule has 1 aliphatic heterocycles. The van der Waals surface area contributed by atoms with Crippen LogP contribution in [0.2, 0.25) is 0 Å². The number of nitrogens with zero attached hydrogens (tertiary/aromatic N) is 2. The summed E-state index contributed by atoms with van der Waals surface area (Å²) in [5, 5.41) is 0. The van der Waals surface area contributed by atoms with Crippen LogP contribution in [0.15, 0.2) is 24.4 Å². The van der Waals surface area contributed by atoms with E-state index < -0.39 is 0 Å². The van der Waals surface area contributed by atoms with E-state index in [1.54, 1.807) is 0 Å². The lowest BCUT2D eigenvalue weighted by molar-refractivity contribution is -0.00703. The summed E-state index contributed by atoms with van der Waals surface area (Å²) in [6, 6.07) is 6.00. The minimum absolute atomic E-state index is 0.642. The molecule has 0 N–H and O–H groups in total. The Kier molecular flexibility index (Phi) is 6.81. The minimum Gasteiger partial charge on any atom is -0.378 e. The van der Waals surface area contributed by atoms with Gasteiger partial charge in [0.05, 0.1) is 45.3 Å². The van der Waals surface area contributed by atoms with E-state index in [2.05, 4.69) is 9.88 Å². The highest BCUT2D eigenvalue weighted by Crippen LogP contribution is 2.01. The first-order valence-corrected chi connectivity index (χ1v) is 6.80. The SMILES string of the molecule is c1ccc(CN2CCOCCOCCOCC2)nc1. The monoisotopic (exact) mass is 266 g/mol. The largest absolute Gasteiger partial charge is 0.378 e. The fourth-order valence-corrected chi connectivity index (χ4v) is 1.92. The van der Waals surface area contributed by atoms with Gasteiger partial charge >= 0.3 is 0 Å². The molecule has 19 heavy (non-hydrogen) atoms. The van der Waals surface area contributed by atoms with Crippen molar-refractivity contribution >= 4 is 0 Å². The Morgan fingerprint density at radius 3 is 2.11 bits per heavy atom. The van der Waals surface area contributed by atoms with E-state index in [-0.39, 0.29) is 0 Å². The van der Waals surface area contributed by atoms with Crippen LogP contribution in [-0.4, -0.2) is 62.6 Å². The van der Waals surface area contributed by atoms with Gasteiger partial charge in [0.15, 0.2) is 0 Å². The number of hydrogen-bond donors (Lipinski definition) is 0. The molecule has 0 aromatic carbocycles. The van der Waals surface area contributed by atoms with Gasteiger partial charge < -0.3 is 14.2 Å². The van der Waals surface area contributed by atoms with Gasteiger partial charge in [0.1, 0.15) is 0 Å². The lowest BCUT2D eigenvalue weighted by Crippen LogP contribution is -2.32. The molecule has 106 valence electrons. The van der Waals surface area contributed by atoms with Crippen molar-refractivity contribution in [1.82, 2.24) is 9.88 Å². The molecular weight excluding hydrogens is 244 g/mol. The quantitative estimate of drug-likeness (QED) is 0.797. The smallest absolute Gasteiger partial charge is 0.0701 e. The van der Waals surface area contributed by atoms with E-state index in [4.69, 9.17) is 14.2 Å². The zero-order chi connectivity index (χ0) is 13.2. The maximum absolute atomic E-state index is 5.55. The van der Waals surface area contributed by atoms with Crippen LogP contribution in [0.25, 0.3) is 0 Å². The molecular formula is C14H22N2O3. The molecule has 0 aliphatic carbocycles. The van der Waals surface area contributed by atoms with E-state index >= 15 is 0 Å². The molecule has 0 bridgehead atoms. The third kappa shape index (κ3) is 6.11. The predicted octanol–water partition coefficient (Wildman–Crippen LogP) is 0.947. The normalized spacial score (nSPS) is 20.4. The first-order chi connectivity index (χ1) is 9.45. The van der Waals surface area contributed by atoms with E-state index in [9.17, 15) is 0 Å².